The molecular weight excluding hydrogens is 424 g/mol. The molecule has 1 fully saturated rings. The quantitative estimate of drug-likeness (QED) is 0.713. The fourth-order valence-electron chi connectivity index (χ4n) is 3.29. The Labute approximate surface area is 176 Å². The van der Waals surface area contributed by atoms with Crippen LogP contribution < -0.4 is 10.2 Å². The van der Waals surface area contributed by atoms with Crippen LogP contribution in [-0.2, 0) is 12.6 Å². The highest BCUT2D eigenvalue weighted by atomic mass is 35.5. The van der Waals surface area contributed by atoms with Crippen molar-refractivity contribution in [3.63, 3.8) is 0 Å². The van der Waals surface area contributed by atoms with Crippen LogP contribution in [0.15, 0.2) is 36.5 Å². The lowest BCUT2D eigenvalue weighted by molar-refractivity contribution is -0.137. The third-order valence-corrected chi connectivity index (χ3v) is 5.15. The average Bonchev–Trinajstić information content (AvgIpc) is 2.69. The second-order valence-electron chi connectivity index (χ2n) is 7.15. The van der Waals surface area contributed by atoms with Gasteiger partial charge in [0.25, 0.3) is 0 Å². The zero-order valence-electron chi connectivity index (χ0n) is 16.2. The van der Waals surface area contributed by atoms with Crippen LogP contribution in [0.3, 0.4) is 0 Å². The van der Waals surface area contributed by atoms with Crippen LogP contribution in [0, 0.1) is 5.82 Å². The summed E-state index contributed by atoms with van der Waals surface area (Å²) in [5.74, 6) is -0.0502. The Kier molecular flexibility index (Phi) is 6.70. The molecule has 2 amide bonds. The number of anilines is 1. The van der Waals surface area contributed by atoms with E-state index in [-0.39, 0.29) is 28.7 Å². The van der Waals surface area contributed by atoms with E-state index in [4.69, 9.17) is 11.6 Å². The fourth-order valence-corrected chi connectivity index (χ4v) is 3.57. The zero-order chi connectivity index (χ0) is 21.9. The molecule has 30 heavy (non-hydrogen) atoms. The van der Waals surface area contributed by atoms with Crippen molar-refractivity contribution in [2.75, 3.05) is 31.1 Å². The number of carbonyl (C=O) groups excluding carboxylic acids is 1. The number of aromatic nitrogens is 1. The molecule has 1 atom stereocenters. The topological polar surface area (TPSA) is 48.5 Å². The molecule has 1 aromatic heterocycles. The van der Waals surface area contributed by atoms with Gasteiger partial charge in [0.15, 0.2) is 0 Å². The Morgan fingerprint density at radius 1 is 1.23 bits per heavy atom. The molecule has 0 radical (unpaired) electrons. The summed E-state index contributed by atoms with van der Waals surface area (Å²) < 4.78 is 52.0. The van der Waals surface area contributed by atoms with Gasteiger partial charge in [0.1, 0.15) is 11.6 Å². The number of benzene rings is 1. The van der Waals surface area contributed by atoms with Crippen molar-refractivity contribution in [3.05, 3.63) is 58.5 Å². The summed E-state index contributed by atoms with van der Waals surface area (Å²) in [6.07, 6.45) is -3.39. The molecule has 0 spiro atoms. The van der Waals surface area contributed by atoms with Gasteiger partial charge in [-0.3, -0.25) is 0 Å². The molecule has 0 aliphatic carbocycles. The van der Waals surface area contributed by atoms with E-state index >= 15 is 0 Å². The fraction of sp³-hybridized carbons (Fsp3) is 0.400. The lowest BCUT2D eigenvalue weighted by Crippen LogP contribution is -2.53. The van der Waals surface area contributed by atoms with Gasteiger partial charge in [0.05, 0.1) is 10.6 Å². The molecule has 3 rings (SSSR count). The van der Waals surface area contributed by atoms with Gasteiger partial charge in [-0.1, -0.05) is 29.8 Å². The van der Waals surface area contributed by atoms with Crippen LogP contribution in [0.5, 0.6) is 0 Å². The third-order valence-electron chi connectivity index (χ3n) is 4.87. The number of amides is 2. The summed E-state index contributed by atoms with van der Waals surface area (Å²) in [4.78, 5) is 19.7. The van der Waals surface area contributed by atoms with Crippen LogP contribution in [0.2, 0.25) is 5.02 Å². The van der Waals surface area contributed by atoms with Gasteiger partial charge < -0.3 is 15.1 Å². The van der Waals surface area contributed by atoms with Crippen LogP contribution >= 0.6 is 11.6 Å². The Hall–Kier alpha value is -2.55. The summed E-state index contributed by atoms with van der Waals surface area (Å²) in [6.45, 7) is 3.28. The Balaban J connectivity index is 1.54. The Morgan fingerprint density at radius 3 is 2.50 bits per heavy atom. The summed E-state index contributed by atoms with van der Waals surface area (Å²) in [5, 5.41) is 2.77. The normalized spacial score (nSPS) is 15.8. The van der Waals surface area contributed by atoms with E-state index in [2.05, 4.69) is 10.3 Å². The van der Waals surface area contributed by atoms with Crippen LogP contribution in [-0.4, -0.2) is 48.1 Å². The lowest BCUT2D eigenvalue weighted by atomic mass is 10.1. The minimum absolute atomic E-state index is 0.0822. The molecule has 10 heteroatoms. The molecular formula is C20H21ClF4N4O. The van der Waals surface area contributed by atoms with Crippen LogP contribution in [0.1, 0.15) is 18.1 Å². The van der Waals surface area contributed by atoms with Crippen molar-refractivity contribution in [1.82, 2.24) is 15.2 Å². The van der Waals surface area contributed by atoms with Gasteiger partial charge in [-0.15, -0.1) is 0 Å². The summed E-state index contributed by atoms with van der Waals surface area (Å²) in [5.41, 5.74) is -0.378. The minimum Gasteiger partial charge on any atom is -0.352 e. The van der Waals surface area contributed by atoms with E-state index in [0.29, 0.717) is 38.2 Å². The number of hydrogen-bond acceptors (Lipinski definition) is 3. The number of halogens is 5. The summed E-state index contributed by atoms with van der Waals surface area (Å²) in [7, 11) is 0. The van der Waals surface area contributed by atoms with E-state index in [1.165, 1.54) is 6.07 Å². The van der Waals surface area contributed by atoms with Crippen LogP contribution in [0.4, 0.5) is 28.2 Å². The van der Waals surface area contributed by atoms with E-state index in [0.717, 1.165) is 12.3 Å². The number of rotatable bonds is 4. The predicted octanol–water partition coefficient (Wildman–Crippen LogP) is 4.36. The number of nitrogens with zero attached hydrogens (tertiary/aromatic N) is 3. The second kappa shape index (κ2) is 9.07. The number of pyridine rings is 1. The molecule has 1 unspecified atom stereocenters. The summed E-state index contributed by atoms with van der Waals surface area (Å²) in [6, 6.07) is 6.73. The monoisotopic (exact) mass is 444 g/mol. The molecule has 0 saturated carbocycles. The highest BCUT2D eigenvalue weighted by Gasteiger charge is 2.32. The maximum Gasteiger partial charge on any atom is 0.417 e. The Morgan fingerprint density at radius 2 is 1.90 bits per heavy atom. The molecule has 1 N–H and O–H groups in total. The number of hydrogen-bond donors (Lipinski definition) is 1. The highest BCUT2D eigenvalue weighted by molar-refractivity contribution is 6.33. The molecule has 5 nitrogen and oxygen atoms in total. The van der Waals surface area contributed by atoms with Crippen molar-refractivity contribution in [2.45, 2.75) is 25.6 Å². The molecule has 1 saturated heterocycles. The number of piperazine rings is 1. The van der Waals surface area contributed by atoms with E-state index in [1.807, 2.05) is 0 Å². The van der Waals surface area contributed by atoms with Crippen molar-refractivity contribution in [2.24, 2.45) is 0 Å². The zero-order valence-corrected chi connectivity index (χ0v) is 17.0. The number of alkyl halides is 3. The Bertz CT molecular complexity index is 901. The van der Waals surface area contributed by atoms with Gasteiger partial charge in [-0.2, -0.15) is 13.2 Å². The van der Waals surface area contributed by atoms with E-state index < -0.39 is 11.7 Å². The molecule has 1 aromatic carbocycles. The van der Waals surface area contributed by atoms with Gasteiger partial charge >= 0.3 is 12.2 Å². The lowest BCUT2D eigenvalue weighted by Gasteiger charge is -2.36. The molecule has 1 aliphatic rings. The number of nitrogens with one attached hydrogen (secondary N) is 1. The third kappa shape index (κ3) is 5.33. The predicted molar refractivity (Wildman–Crippen MR) is 106 cm³/mol. The number of carbonyl (C=O) groups is 1. The molecule has 162 valence electrons. The van der Waals surface area contributed by atoms with Crippen LogP contribution in [0.25, 0.3) is 0 Å². The largest absolute Gasteiger partial charge is 0.417 e. The molecule has 2 aromatic rings. The second-order valence-corrected chi connectivity index (χ2v) is 7.55. The van der Waals surface area contributed by atoms with E-state index in [1.54, 1.807) is 34.9 Å². The standard InChI is InChI=1S/C20H21ClF4N4O/c1-13(10-14-4-2-3-5-17(14)22)27-19(30)29-8-6-28(7-9-29)18-16(21)11-15(12-26-18)20(23,24)25/h2-5,11-13H,6-10H2,1H3,(H,27,30). The minimum atomic E-state index is -4.51. The first-order chi connectivity index (χ1) is 14.1. The van der Waals surface area contributed by atoms with Crippen molar-refractivity contribution in [3.8, 4) is 0 Å². The van der Waals surface area contributed by atoms with Crippen molar-refractivity contribution < 1.29 is 22.4 Å². The average molecular weight is 445 g/mol. The highest BCUT2D eigenvalue weighted by Crippen LogP contribution is 2.33. The van der Waals surface area contributed by atoms with Crippen molar-refractivity contribution in [1.29, 1.82) is 0 Å². The van der Waals surface area contributed by atoms with Gasteiger partial charge in [0.2, 0.25) is 0 Å². The smallest absolute Gasteiger partial charge is 0.352 e. The van der Waals surface area contributed by atoms with E-state index in [9.17, 15) is 22.4 Å². The number of urea groups is 1. The van der Waals surface area contributed by atoms with Gasteiger partial charge in [-0.05, 0) is 31.0 Å². The maximum absolute atomic E-state index is 13.8. The first-order valence-corrected chi connectivity index (χ1v) is 9.79. The molecule has 2 heterocycles. The van der Waals surface area contributed by atoms with Crippen molar-refractivity contribution >= 4 is 23.4 Å². The first-order valence-electron chi connectivity index (χ1n) is 9.41. The maximum atomic E-state index is 13.8. The molecule has 1 aliphatic heterocycles. The summed E-state index contributed by atoms with van der Waals surface area (Å²) >= 11 is 6.00. The van der Waals surface area contributed by atoms with Gasteiger partial charge in [0, 0.05) is 38.4 Å². The van der Waals surface area contributed by atoms with Gasteiger partial charge in [-0.25, -0.2) is 14.2 Å². The molecule has 0 bridgehead atoms. The first kappa shape index (κ1) is 22.1. The SMILES string of the molecule is CC(Cc1ccccc1F)NC(=O)N1CCN(c2ncc(C(F)(F)F)cc2Cl)CC1.